The molecule has 0 spiro atoms. The van der Waals surface area contributed by atoms with Crippen LogP contribution in [0.4, 0.5) is 0 Å². The normalized spacial score (nSPS) is 10.7. The molecule has 4 heteroatoms. The van der Waals surface area contributed by atoms with Crippen LogP contribution >= 0.6 is 0 Å². The van der Waals surface area contributed by atoms with Crippen LogP contribution in [0.25, 0.3) is 72.3 Å². The van der Waals surface area contributed by atoms with E-state index >= 15 is 0 Å². The number of aromatic nitrogens is 3. The van der Waals surface area contributed by atoms with Crippen molar-refractivity contribution in [2.45, 2.75) is 6.92 Å². The van der Waals surface area contributed by atoms with Crippen LogP contribution in [0.3, 0.4) is 0 Å². The topological polar surface area (TPSA) is 30.7 Å². The van der Waals surface area contributed by atoms with Crippen LogP contribution in [-0.4, -0.2) is 14.5 Å². The summed E-state index contributed by atoms with van der Waals surface area (Å²) in [6, 6.07) is 67.4. The molecule has 0 saturated carbocycles. The van der Waals surface area contributed by atoms with E-state index in [4.69, 9.17) is 0 Å². The molecule has 0 N–H and O–H groups in total. The van der Waals surface area contributed by atoms with E-state index in [1.165, 1.54) is 44.2 Å². The van der Waals surface area contributed by atoms with Crippen LogP contribution in [0.1, 0.15) is 5.69 Å². The van der Waals surface area contributed by atoms with Crippen molar-refractivity contribution < 1.29 is 20.1 Å². The minimum absolute atomic E-state index is 0. The molecule has 51 heavy (non-hydrogen) atoms. The van der Waals surface area contributed by atoms with Gasteiger partial charge in [0, 0.05) is 48.5 Å². The van der Waals surface area contributed by atoms with E-state index in [-0.39, 0.29) is 20.1 Å². The van der Waals surface area contributed by atoms with Gasteiger partial charge in [-0.1, -0.05) is 91.0 Å². The molecule has 9 rings (SSSR count). The number of aryl methyl sites for hydroxylation is 1. The fourth-order valence-corrected chi connectivity index (χ4v) is 6.42. The van der Waals surface area contributed by atoms with E-state index in [2.05, 4.69) is 136 Å². The van der Waals surface area contributed by atoms with Gasteiger partial charge in [0.25, 0.3) is 0 Å². The van der Waals surface area contributed by atoms with E-state index in [9.17, 15) is 0 Å². The van der Waals surface area contributed by atoms with Gasteiger partial charge < -0.3 is 14.5 Å². The number of pyridine rings is 2. The molecule has 6 aromatic carbocycles. The molecule has 3 heterocycles. The van der Waals surface area contributed by atoms with Gasteiger partial charge in [-0.3, -0.25) is 0 Å². The van der Waals surface area contributed by atoms with E-state index in [1.807, 2.05) is 73.7 Å². The van der Waals surface area contributed by atoms with Crippen molar-refractivity contribution in [3.8, 4) is 50.5 Å². The zero-order valence-corrected chi connectivity index (χ0v) is 30.4. The first-order chi connectivity index (χ1) is 24.7. The van der Waals surface area contributed by atoms with Gasteiger partial charge in [0.1, 0.15) is 0 Å². The first-order valence-electron chi connectivity index (χ1n) is 16.7. The molecule has 1 radical (unpaired) electrons. The number of nitrogens with zero attached hydrogens (tertiary/aromatic N) is 3. The molecule has 0 unspecified atom stereocenters. The van der Waals surface area contributed by atoms with E-state index in [0.717, 1.165) is 33.8 Å². The smallest absolute Gasteiger partial charge is 0.0541 e. The molecule has 9 aromatic rings. The number of para-hydroxylation sites is 2. The maximum absolute atomic E-state index is 4.67. The Hall–Kier alpha value is -5.93. The Labute approximate surface area is 312 Å². The quantitative estimate of drug-likeness (QED) is 0.162. The second kappa shape index (κ2) is 15.3. The SMILES string of the molecule is Cc1cccc(-c2[c-]ccc(-c3ccc(-c4ccc5c(c4)c4ccccc4n5-c4ccccc4)cc3)c2)n1.[Ir].[c-]1ccccc1-c1ccccn1. The van der Waals surface area contributed by atoms with E-state index in [1.54, 1.807) is 6.20 Å². The first kappa shape index (κ1) is 33.6. The summed E-state index contributed by atoms with van der Waals surface area (Å²) in [4.78, 5) is 8.88. The Bertz CT molecular complexity index is 2490. The molecule has 0 aliphatic carbocycles. The summed E-state index contributed by atoms with van der Waals surface area (Å²) in [5.74, 6) is 0. The van der Waals surface area contributed by atoms with Crippen molar-refractivity contribution in [1.29, 1.82) is 0 Å². The van der Waals surface area contributed by atoms with Gasteiger partial charge in [-0.25, -0.2) is 0 Å². The molecule has 0 bridgehead atoms. The molecule has 0 aliphatic rings. The first-order valence-corrected chi connectivity index (χ1v) is 16.7. The molecular weight excluding hydrogens is 799 g/mol. The Morgan fingerprint density at radius 1 is 0.471 bits per heavy atom. The molecule has 3 aromatic heterocycles. The number of rotatable bonds is 5. The summed E-state index contributed by atoms with van der Waals surface area (Å²) in [6.07, 6.45) is 1.79. The number of hydrogen-bond donors (Lipinski definition) is 0. The predicted octanol–water partition coefficient (Wildman–Crippen LogP) is 11.8. The predicted molar refractivity (Wildman–Crippen MR) is 207 cm³/mol. The Morgan fingerprint density at radius 2 is 1.14 bits per heavy atom. The molecule has 3 nitrogen and oxygen atoms in total. The van der Waals surface area contributed by atoms with Gasteiger partial charge in [-0.2, -0.15) is 0 Å². The third-order valence-electron chi connectivity index (χ3n) is 8.85. The van der Waals surface area contributed by atoms with Gasteiger partial charge in [0.05, 0.1) is 11.0 Å². The maximum Gasteiger partial charge on any atom is 0.0541 e. The summed E-state index contributed by atoms with van der Waals surface area (Å²) in [6.45, 7) is 2.02. The Balaban J connectivity index is 0.000000265. The van der Waals surface area contributed by atoms with Gasteiger partial charge in [0.15, 0.2) is 0 Å². The monoisotopic (exact) mass is 832 g/mol. The molecule has 247 valence electrons. The van der Waals surface area contributed by atoms with Crippen LogP contribution in [0.15, 0.2) is 182 Å². The van der Waals surface area contributed by atoms with Crippen LogP contribution in [0.2, 0.25) is 0 Å². The van der Waals surface area contributed by atoms with Gasteiger partial charge >= 0.3 is 0 Å². The largest absolute Gasteiger partial charge is 0.309 e. The zero-order valence-electron chi connectivity index (χ0n) is 28.0. The minimum Gasteiger partial charge on any atom is -0.309 e. The summed E-state index contributed by atoms with van der Waals surface area (Å²) in [5.41, 5.74) is 13.4. The van der Waals surface area contributed by atoms with Crippen molar-refractivity contribution in [2.24, 2.45) is 0 Å². The van der Waals surface area contributed by atoms with Crippen molar-refractivity contribution >= 4 is 21.8 Å². The van der Waals surface area contributed by atoms with Crippen molar-refractivity contribution in [3.05, 3.63) is 200 Å². The van der Waals surface area contributed by atoms with Crippen LogP contribution in [0.5, 0.6) is 0 Å². The molecule has 0 atom stereocenters. The van der Waals surface area contributed by atoms with E-state index < -0.39 is 0 Å². The second-order valence-corrected chi connectivity index (χ2v) is 12.1. The summed E-state index contributed by atoms with van der Waals surface area (Å²) in [5, 5.41) is 2.53. The third kappa shape index (κ3) is 7.20. The van der Waals surface area contributed by atoms with Gasteiger partial charge in [0.2, 0.25) is 0 Å². The maximum atomic E-state index is 4.67. The second-order valence-electron chi connectivity index (χ2n) is 12.1. The standard InChI is InChI=1S/C36H25N2.C11H8N.Ir/c1-25-9-7-15-34(37-25)30-11-8-10-28(23-30)26-17-19-27(20-18-26)29-21-22-36-33(24-29)32-14-5-6-16-35(32)38(36)31-12-3-2-4-13-31;1-2-6-10(7-3-1)11-8-4-5-9-12-11;/h2-10,12-24H,1H3;1-6,8-9H;/q2*-1;. The van der Waals surface area contributed by atoms with Crippen LogP contribution in [-0.2, 0) is 20.1 Å². The fraction of sp³-hybridized carbons (Fsp3) is 0.0213. The summed E-state index contributed by atoms with van der Waals surface area (Å²) >= 11 is 0. The molecule has 0 aliphatic heterocycles. The molecule has 0 fully saturated rings. The van der Waals surface area contributed by atoms with Crippen LogP contribution in [0, 0.1) is 19.1 Å². The average Bonchev–Trinajstić information content (AvgIpc) is 3.53. The summed E-state index contributed by atoms with van der Waals surface area (Å²) in [7, 11) is 0. The van der Waals surface area contributed by atoms with Crippen LogP contribution < -0.4 is 0 Å². The Kier molecular flexibility index (Phi) is 10.1. The van der Waals surface area contributed by atoms with Crippen molar-refractivity contribution in [1.82, 2.24) is 14.5 Å². The average molecular weight is 832 g/mol. The van der Waals surface area contributed by atoms with Crippen molar-refractivity contribution in [2.75, 3.05) is 0 Å². The fourth-order valence-electron chi connectivity index (χ4n) is 6.42. The molecule has 0 amide bonds. The van der Waals surface area contributed by atoms with Gasteiger partial charge in [-0.05, 0) is 77.5 Å². The molecule has 0 saturated heterocycles. The number of hydrogen-bond acceptors (Lipinski definition) is 2. The number of fused-ring (bicyclic) bond motifs is 3. The molecular formula is C47H33IrN3-2. The Morgan fingerprint density at radius 3 is 1.88 bits per heavy atom. The zero-order chi connectivity index (χ0) is 33.7. The van der Waals surface area contributed by atoms with Gasteiger partial charge in [-0.15, -0.1) is 71.3 Å². The summed E-state index contributed by atoms with van der Waals surface area (Å²) < 4.78 is 2.35. The number of benzene rings is 6. The van der Waals surface area contributed by atoms with Crippen molar-refractivity contribution in [3.63, 3.8) is 0 Å². The van der Waals surface area contributed by atoms with E-state index in [0.29, 0.717) is 0 Å². The minimum atomic E-state index is 0. The third-order valence-corrected chi connectivity index (χ3v) is 8.85.